The van der Waals surface area contributed by atoms with Crippen LogP contribution in [-0.4, -0.2) is 60.1 Å². The summed E-state index contributed by atoms with van der Waals surface area (Å²) in [5.74, 6) is -0.343. The highest BCUT2D eigenvalue weighted by atomic mass is 35.5. The number of ether oxygens (including phenoxy) is 1. The molecular weight excluding hydrogens is 432 g/mol. The third-order valence-corrected chi connectivity index (χ3v) is 6.04. The summed E-state index contributed by atoms with van der Waals surface area (Å²) in [5, 5.41) is 15.6. The third-order valence-electron chi connectivity index (χ3n) is 5.80. The molecule has 1 fully saturated rings. The van der Waals surface area contributed by atoms with Gasteiger partial charge in [-0.3, -0.25) is 19.8 Å². The quantitative estimate of drug-likeness (QED) is 0.397. The number of hydrogen-bond acceptors (Lipinski definition) is 5. The molecule has 2 heterocycles. The second kappa shape index (κ2) is 10.1. The third kappa shape index (κ3) is 5.27. The van der Waals surface area contributed by atoms with E-state index >= 15 is 0 Å². The van der Waals surface area contributed by atoms with Crippen molar-refractivity contribution in [3.05, 3.63) is 74.9 Å². The Balaban J connectivity index is 1.53. The van der Waals surface area contributed by atoms with Gasteiger partial charge >= 0.3 is 0 Å². The number of rotatable bonds is 8. The van der Waals surface area contributed by atoms with Crippen LogP contribution in [0, 0.1) is 10.1 Å². The lowest BCUT2D eigenvalue weighted by Crippen LogP contribution is -2.41. The molecule has 3 aromatic rings. The lowest BCUT2D eigenvalue weighted by atomic mass is 9.88. The summed E-state index contributed by atoms with van der Waals surface area (Å²) >= 11 is 6.22. The second-order valence-corrected chi connectivity index (χ2v) is 8.28. The molecule has 1 saturated heterocycles. The smallest absolute Gasteiger partial charge is 0.269 e. The molecule has 1 atom stereocenters. The largest absolute Gasteiger partial charge is 0.379 e. The number of H-pyrrole nitrogens is 1. The van der Waals surface area contributed by atoms with E-state index in [1.807, 2.05) is 24.4 Å². The number of nitro groups is 1. The van der Waals surface area contributed by atoms with Crippen LogP contribution in [0.15, 0.2) is 48.7 Å². The number of morpholine rings is 1. The zero-order valence-corrected chi connectivity index (χ0v) is 18.3. The lowest BCUT2D eigenvalue weighted by Gasteiger charge is -2.26. The van der Waals surface area contributed by atoms with E-state index in [4.69, 9.17) is 16.3 Å². The van der Waals surface area contributed by atoms with Crippen LogP contribution >= 0.6 is 11.6 Å². The summed E-state index contributed by atoms with van der Waals surface area (Å²) in [6.07, 6.45) is 2.11. The van der Waals surface area contributed by atoms with Crippen molar-refractivity contribution in [1.82, 2.24) is 15.2 Å². The Hall–Kier alpha value is -2.94. The molecular formula is C23H25ClN4O4. The van der Waals surface area contributed by atoms with Crippen LogP contribution < -0.4 is 5.32 Å². The zero-order chi connectivity index (χ0) is 22.5. The molecule has 32 heavy (non-hydrogen) atoms. The number of hydrogen-bond donors (Lipinski definition) is 2. The number of benzene rings is 2. The van der Waals surface area contributed by atoms with Gasteiger partial charge in [0.2, 0.25) is 5.91 Å². The fourth-order valence-electron chi connectivity index (χ4n) is 4.07. The van der Waals surface area contributed by atoms with Crippen molar-refractivity contribution in [2.24, 2.45) is 0 Å². The number of nitrogens with zero attached hydrogens (tertiary/aromatic N) is 2. The normalized spacial score (nSPS) is 15.5. The van der Waals surface area contributed by atoms with Crippen LogP contribution in [-0.2, 0) is 9.53 Å². The average Bonchev–Trinajstić information content (AvgIpc) is 3.21. The lowest BCUT2D eigenvalue weighted by molar-refractivity contribution is -0.384. The zero-order valence-electron chi connectivity index (χ0n) is 17.6. The highest BCUT2D eigenvalue weighted by Gasteiger charge is 2.22. The summed E-state index contributed by atoms with van der Waals surface area (Å²) in [5.41, 5.74) is 2.70. The first-order valence-corrected chi connectivity index (χ1v) is 11.0. The van der Waals surface area contributed by atoms with Gasteiger partial charge in [-0.05, 0) is 29.3 Å². The maximum atomic E-state index is 12.8. The summed E-state index contributed by atoms with van der Waals surface area (Å²) in [4.78, 5) is 29.0. The first kappa shape index (κ1) is 22.3. The molecule has 1 aliphatic heterocycles. The molecule has 1 unspecified atom stereocenters. The van der Waals surface area contributed by atoms with Crippen LogP contribution in [0.5, 0.6) is 0 Å². The number of fused-ring (bicyclic) bond motifs is 1. The van der Waals surface area contributed by atoms with E-state index < -0.39 is 4.92 Å². The Morgan fingerprint density at radius 2 is 1.97 bits per heavy atom. The highest BCUT2D eigenvalue weighted by Crippen LogP contribution is 2.35. The Morgan fingerprint density at radius 3 is 2.69 bits per heavy atom. The summed E-state index contributed by atoms with van der Waals surface area (Å²) in [6.45, 7) is 4.53. The summed E-state index contributed by atoms with van der Waals surface area (Å²) in [6, 6.07) is 12.0. The van der Waals surface area contributed by atoms with Gasteiger partial charge in [-0.25, -0.2) is 0 Å². The van der Waals surface area contributed by atoms with Gasteiger partial charge in [0, 0.05) is 72.8 Å². The van der Waals surface area contributed by atoms with Gasteiger partial charge in [-0.2, -0.15) is 0 Å². The Bertz CT molecular complexity index is 1090. The average molecular weight is 457 g/mol. The number of aromatic amines is 1. The van der Waals surface area contributed by atoms with E-state index in [9.17, 15) is 14.9 Å². The molecule has 1 amide bonds. The van der Waals surface area contributed by atoms with Crippen LogP contribution in [0.3, 0.4) is 0 Å². The number of nitro benzene ring substituents is 1. The van der Waals surface area contributed by atoms with Gasteiger partial charge in [-0.1, -0.05) is 23.7 Å². The topological polar surface area (TPSA) is 100 Å². The Labute approximate surface area is 190 Å². The predicted octanol–water partition coefficient (Wildman–Crippen LogP) is 3.70. The number of carbonyl (C=O) groups excluding carboxylic acids is 1. The SMILES string of the molecule is O=C(CC(c1ccc([N+](=O)[O-])cc1)c1c[nH]c2ccc(Cl)cc12)NCCN1CCOCC1. The molecule has 1 aromatic heterocycles. The maximum absolute atomic E-state index is 12.8. The minimum absolute atomic E-state index is 0.0180. The number of non-ortho nitro benzene ring substituents is 1. The van der Waals surface area contributed by atoms with Crippen LogP contribution in [0.2, 0.25) is 5.02 Å². The fraction of sp³-hybridized carbons (Fsp3) is 0.348. The van der Waals surface area contributed by atoms with E-state index in [0.29, 0.717) is 11.6 Å². The van der Waals surface area contributed by atoms with Crippen LogP contribution in [0.4, 0.5) is 5.69 Å². The van der Waals surface area contributed by atoms with Crippen molar-refractivity contribution >= 4 is 34.1 Å². The molecule has 2 aromatic carbocycles. The molecule has 4 rings (SSSR count). The highest BCUT2D eigenvalue weighted by molar-refractivity contribution is 6.31. The van der Waals surface area contributed by atoms with Gasteiger partial charge in [0.05, 0.1) is 18.1 Å². The number of aromatic nitrogens is 1. The van der Waals surface area contributed by atoms with Crippen molar-refractivity contribution in [3.8, 4) is 0 Å². The van der Waals surface area contributed by atoms with Gasteiger partial charge in [-0.15, -0.1) is 0 Å². The number of amides is 1. The number of halogens is 1. The van der Waals surface area contributed by atoms with E-state index in [0.717, 1.165) is 54.9 Å². The van der Waals surface area contributed by atoms with Crippen molar-refractivity contribution in [1.29, 1.82) is 0 Å². The predicted molar refractivity (Wildman–Crippen MR) is 123 cm³/mol. The second-order valence-electron chi connectivity index (χ2n) is 7.84. The molecule has 2 N–H and O–H groups in total. The number of carbonyl (C=O) groups is 1. The molecule has 168 valence electrons. The van der Waals surface area contributed by atoms with E-state index in [2.05, 4.69) is 15.2 Å². The van der Waals surface area contributed by atoms with Crippen LogP contribution in [0.1, 0.15) is 23.5 Å². The van der Waals surface area contributed by atoms with Gasteiger partial charge in [0.25, 0.3) is 5.69 Å². The first-order chi connectivity index (χ1) is 15.5. The Kier molecular flexibility index (Phi) is 7.04. The Morgan fingerprint density at radius 1 is 1.22 bits per heavy atom. The standard InChI is InChI=1S/C23H25ClN4O4/c24-17-3-6-22-20(13-17)21(15-26-22)19(16-1-4-18(5-2-16)28(30)31)14-23(29)25-7-8-27-9-11-32-12-10-27/h1-6,13,15,19,26H,7-12,14H2,(H,25,29). The summed E-state index contributed by atoms with van der Waals surface area (Å²) in [7, 11) is 0. The van der Waals surface area contributed by atoms with E-state index in [1.54, 1.807) is 12.1 Å². The van der Waals surface area contributed by atoms with E-state index in [1.165, 1.54) is 12.1 Å². The molecule has 0 bridgehead atoms. The molecule has 0 radical (unpaired) electrons. The fourth-order valence-corrected chi connectivity index (χ4v) is 4.25. The molecule has 8 nitrogen and oxygen atoms in total. The van der Waals surface area contributed by atoms with Gasteiger partial charge < -0.3 is 15.0 Å². The van der Waals surface area contributed by atoms with Crippen LogP contribution in [0.25, 0.3) is 10.9 Å². The molecule has 0 spiro atoms. The van der Waals surface area contributed by atoms with Gasteiger partial charge in [0.15, 0.2) is 0 Å². The van der Waals surface area contributed by atoms with Crippen molar-refractivity contribution < 1.29 is 14.5 Å². The van der Waals surface area contributed by atoms with Gasteiger partial charge in [0.1, 0.15) is 0 Å². The minimum Gasteiger partial charge on any atom is -0.379 e. The maximum Gasteiger partial charge on any atom is 0.269 e. The number of nitrogens with one attached hydrogen (secondary N) is 2. The molecule has 9 heteroatoms. The monoisotopic (exact) mass is 456 g/mol. The van der Waals surface area contributed by atoms with E-state index in [-0.39, 0.29) is 23.9 Å². The van der Waals surface area contributed by atoms with Crippen molar-refractivity contribution in [2.45, 2.75) is 12.3 Å². The molecule has 0 aliphatic carbocycles. The first-order valence-electron chi connectivity index (χ1n) is 10.6. The molecule has 0 saturated carbocycles. The minimum atomic E-state index is -0.428. The van der Waals surface area contributed by atoms with Crippen molar-refractivity contribution in [2.75, 3.05) is 39.4 Å². The summed E-state index contributed by atoms with van der Waals surface area (Å²) < 4.78 is 5.35. The molecule has 1 aliphatic rings. The van der Waals surface area contributed by atoms with Crippen molar-refractivity contribution in [3.63, 3.8) is 0 Å².